The maximum Gasteiger partial charge on any atom is 0.490 e. The van der Waals surface area contributed by atoms with Gasteiger partial charge < -0.3 is 19.5 Å². The third-order valence-corrected chi connectivity index (χ3v) is 6.03. The van der Waals surface area contributed by atoms with Crippen LogP contribution >= 0.6 is 0 Å². The Hall–Kier alpha value is -2.98. The van der Waals surface area contributed by atoms with Crippen molar-refractivity contribution in [2.24, 2.45) is 5.92 Å². The summed E-state index contributed by atoms with van der Waals surface area (Å²) in [5.41, 5.74) is 3.14. The molecule has 1 spiro atoms. The van der Waals surface area contributed by atoms with E-state index in [-0.39, 0.29) is 11.5 Å². The molecule has 1 atom stereocenters. The van der Waals surface area contributed by atoms with Crippen LogP contribution in [0.2, 0.25) is 0 Å². The average molecular weight is 480 g/mol. The molecule has 2 fully saturated rings. The zero-order valence-corrected chi connectivity index (χ0v) is 18.8. The Balaban J connectivity index is 0.000000406. The van der Waals surface area contributed by atoms with Gasteiger partial charge in [0.25, 0.3) is 0 Å². The van der Waals surface area contributed by atoms with Crippen molar-refractivity contribution in [3.63, 3.8) is 0 Å². The average Bonchev–Trinajstić information content (AvgIpc) is 3.19. The fraction of sp³-hybridized carbons (Fsp3) is 0.458. The number of benzene rings is 1. The van der Waals surface area contributed by atoms with Gasteiger partial charge in [0, 0.05) is 24.9 Å². The van der Waals surface area contributed by atoms with E-state index in [0.717, 1.165) is 24.2 Å². The Bertz CT molecular complexity index is 978. The molecule has 2 saturated heterocycles. The summed E-state index contributed by atoms with van der Waals surface area (Å²) in [5, 5.41) is 7.12. The lowest BCUT2D eigenvalue weighted by Crippen LogP contribution is -2.66. The molecule has 0 aliphatic carbocycles. The van der Waals surface area contributed by atoms with Gasteiger partial charge in [0.15, 0.2) is 0 Å². The van der Waals surface area contributed by atoms with Crippen molar-refractivity contribution >= 4 is 11.9 Å². The summed E-state index contributed by atoms with van der Waals surface area (Å²) < 4.78 is 43.7. The SMILES string of the molecule is Cc1ccccc1CC(=O)N1CC2(C1)OCCC2COCc1cccnc1.O=C(O)C(F)(F)F. The fourth-order valence-electron chi connectivity index (χ4n) is 4.03. The van der Waals surface area contributed by atoms with Crippen LogP contribution in [0.5, 0.6) is 0 Å². The topological polar surface area (TPSA) is 89.0 Å². The second-order valence-electron chi connectivity index (χ2n) is 8.43. The summed E-state index contributed by atoms with van der Waals surface area (Å²) in [4.78, 5) is 27.6. The van der Waals surface area contributed by atoms with Gasteiger partial charge in [-0.1, -0.05) is 30.3 Å². The summed E-state index contributed by atoms with van der Waals surface area (Å²) in [6, 6.07) is 12.0. The van der Waals surface area contributed by atoms with Crippen LogP contribution in [-0.4, -0.2) is 64.9 Å². The van der Waals surface area contributed by atoms with Crippen molar-refractivity contribution in [1.29, 1.82) is 0 Å². The molecule has 1 unspecified atom stereocenters. The van der Waals surface area contributed by atoms with E-state index in [1.54, 1.807) is 6.20 Å². The molecule has 34 heavy (non-hydrogen) atoms. The Morgan fingerprint density at radius 1 is 1.24 bits per heavy atom. The summed E-state index contributed by atoms with van der Waals surface area (Å²) in [6.45, 7) is 5.39. The predicted octanol–water partition coefficient (Wildman–Crippen LogP) is 3.40. The molecule has 1 amide bonds. The summed E-state index contributed by atoms with van der Waals surface area (Å²) in [7, 11) is 0. The zero-order valence-electron chi connectivity index (χ0n) is 18.8. The largest absolute Gasteiger partial charge is 0.490 e. The number of halogens is 3. The number of nitrogens with zero attached hydrogens (tertiary/aromatic N) is 2. The van der Waals surface area contributed by atoms with E-state index in [0.29, 0.717) is 38.6 Å². The molecule has 7 nitrogen and oxygen atoms in total. The number of carboxylic acid groups (broad SMARTS) is 1. The van der Waals surface area contributed by atoms with E-state index in [2.05, 4.69) is 18.0 Å². The number of aromatic nitrogens is 1. The quantitative estimate of drug-likeness (QED) is 0.682. The predicted molar refractivity (Wildman–Crippen MR) is 116 cm³/mol. The van der Waals surface area contributed by atoms with E-state index >= 15 is 0 Å². The Kier molecular flexibility index (Phi) is 8.27. The number of aryl methyl sites for hydroxylation is 1. The first-order valence-corrected chi connectivity index (χ1v) is 10.8. The number of carbonyl (C=O) groups excluding carboxylic acids is 1. The number of aliphatic carboxylic acids is 1. The second-order valence-corrected chi connectivity index (χ2v) is 8.43. The molecule has 0 bridgehead atoms. The molecule has 2 aromatic rings. The molecule has 1 N–H and O–H groups in total. The second kappa shape index (κ2) is 11.0. The van der Waals surface area contributed by atoms with Crippen molar-refractivity contribution in [2.45, 2.75) is 38.1 Å². The lowest BCUT2D eigenvalue weighted by atomic mass is 9.81. The van der Waals surface area contributed by atoms with E-state index in [1.807, 2.05) is 41.4 Å². The van der Waals surface area contributed by atoms with Crippen LogP contribution < -0.4 is 0 Å². The normalized spacial score (nSPS) is 18.7. The monoisotopic (exact) mass is 480 g/mol. The molecule has 10 heteroatoms. The van der Waals surface area contributed by atoms with E-state index in [4.69, 9.17) is 19.4 Å². The van der Waals surface area contributed by atoms with E-state index in [9.17, 15) is 18.0 Å². The van der Waals surface area contributed by atoms with Crippen molar-refractivity contribution < 1.29 is 37.3 Å². The van der Waals surface area contributed by atoms with Crippen LogP contribution in [0.4, 0.5) is 13.2 Å². The molecule has 1 aromatic carbocycles. The Morgan fingerprint density at radius 3 is 2.56 bits per heavy atom. The number of likely N-dealkylation sites (tertiary alicyclic amines) is 1. The highest BCUT2D eigenvalue weighted by Crippen LogP contribution is 2.40. The molecule has 2 aliphatic heterocycles. The maximum atomic E-state index is 12.6. The summed E-state index contributed by atoms with van der Waals surface area (Å²) in [6.07, 6.45) is -0.0335. The number of alkyl halides is 3. The van der Waals surface area contributed by atoms with Crippen LogP contribution in [0.3, 0.4) is 0 Å². The summed E-state index contributed by atoms with van der Waals surface area (Å²) in [5.74, 6) is -2.23. The minimum Gasteiger partial charge on any atom is -0.475 e. The summed E-state index contributed by atoms with van der Waals surface area (Å²) >= 11 is 0. The number of pyridine rings is 1. The van der Waals surface area contributed by atoms with Crippen molar-refractivity contribution in [1.82, 2.24) is 9.88 Å². The highest BCUT2D eigenvalue weighted by molar-refractivity contribution is 5.80. The number of hydrogen-bond acceptors (Lipinski definition) is 5. The standard InChI is InChI=1S/C22H26N2O3.C2HF3O2/c1-17-5-2-3-7-19(17)11-21(25)24-15-22(16-24)20(8-10-27-22)14-26-13-18-6-4-9-23-12-18;3-2(4,5)1(6)7/h2-7,9,12,20H,8,10-11,13-16H2,1H3;(H,6,7). The number of carboxylic acids is 1. The van der Waals surface area contributed by atoms with Gasteiger partial charge in [-0.3, -0.25) is 9.78 Å². The molecule has 2 aliphatic rings. The molecule has 1 aromatic heterocycles. The molecule has 184 valence electrons. The Labute approximate surface area is 195 Å². The van der Waals surface area contributed by atoms with Gasteiger partial charge in [0.05, 0.1) is 32.7 Å². The van der Waals surface area contributed by atoms with Crippen LogP contribution in [0.15, 0.2) is 48.8 Å². The first kappa shape index (κ1) is 25.6. The lowest BCUT2D eigenvalue weighted by molar-refractivity contribution is -0.192. The molecule has 4 rings (SSSR count). The first-order valence-electron chi connectivity index (χ1n) is 10.8. The Morgan fingerprint density at radius 2 is 1.94 bits per heavy atom. The first-order chi connectivity index (χ1) is 16.1. The van der Waals surface area contributed by atoms with Crippen molar-refractivity contribution in [2.75, 3.05) is 26.3 Å². The van der Waals surface area contributed by atoms with Crippen molar-refractivity contribution in [3.05, 3.63) is 65.5 Å². The highest BCUT2D eigenvalue weighted by atomic mass is 19.4. The fourth-order valence-corrected chi connectivity index (χ4v) is 4.03. The molecule has 0 radical (unpaired) electrons. The van der Waals surface area contributed by atoms with E-state index in [1.165, 1.54) is 5.56 Å². The van der Waals surface area contributed by atoms with Crippen LogP contribution in [-0.2, 0) is 32.1 Å². The van der Waals surface area contributed by atoms with Crippen LogP contribution in [0.25, 0.3) is 0 Å². The number of carbonyl (C=O) groups is 2. The number of ether oxygens (including phenoxy) is 2. The number of amides is 1. The number of hydrogen-bond donors (Lipinski definition) is 1. The lowest BCUT2D eigenvalue weighted by Gasteiger charge is -2.50. The smallest absolute Gasteiger partial charge is 0.475 e. The molecule has 3 heterocycles. The third-order valence-electron chi connectivity index (χ3n) is 6.03. The third kappa shape index (κ3) is 6.54. The molecular weight excluding hydrogens is 453 g/mol. The minimum atomic E-state index is -5.08. The van der Waals surface area contributed by atoms with E-state index < -0.39 is 12.1 Å². The van der Waals surface area contributed by atoms with Crippen molar-refractivity contribution in [3.8, 4) is 0 Å². The maximum absolute atomic E-state index is 12.6. The van der Waals surface area contributed by atoms with Gasteiger partial charge in [-0.15, -0.1) is 0 Å². The number of rotatable bonds is 6. The van der Waals surface area contributed by atoms with Gasteiger partial charge >= 0.3 is 12.1 Å². The zero-order chi connectivity index (χ0) is 24.8. The van der Waals surface area contributed by atoms with Crippen LogP contribution in [0, 0.1) is 12.8 Å². The molecular formula is C24H27F3N2O5. The highest BCUT2D eigenvalue weighted by Gasteiger charge is 2.54. The van der Waals surface area contributed by atoms with Gasteiger partial charge in [0.1, 0.15) is 5.60 Å². The van der Waals surface area contributed by atoms with Crippen LogP contribution in [0.1, 0.15) is 23.1 Å². The van der Waals surface area contributed by atoms with Gasteiger partial charge in [-0.2, -0.15) is 13.2 Å². The van der Waals surface area contributed by atoms with Gasteiger partial charge in [0.2, 0.25) is 5.91 Å². The minimum absolute atomic E-state index is 0.181. The molecule has 0 saturated carbocycles. The van der Waals surface area contributed by atoms with Gasteiger partial charge in [-0.25, -0.2) is 4.79 Å². The van der Waals surface area contributed by atoms with Gasteiger partial charge in [-0.05, 0) is 36.1 Å².